The molecule has 1 aliphatic heterocycles. The SMILES string of the molecule is COC(=O)/C=C(/C(=O)OC)N1CCc2c([nH]c3ccc(OC)cc23)C1(CC(=O)OC)C(=O)OC. The van der Waals surface area contributed by atoms with Gasteiger partial charge in [0.25, 0.3) is 0 Å². The van der Waals surface area contributed by atoms with Crippen LogP contribution in [0.1, 0.15) is 17.7 Å². The van der Waals surface area contributed by atoms with Gasteiger partial charge in [0.2, 0.25) is 0 Å². The highest BCUT2D eigenvalue weighted by Gasteiger charge is 2.55. The Bertz CT molecular complexity index is 1170. The predicted molar refractivity (Wildman–Crippen MR) is 118 cm³/mol. The van der Waals surface area contributed by atoms with Crippen LogP contribution in [0.4, 0.5) is 0 Å². The first-order chi connectivity index (χ1) is 16.3. The zero-order chi connectivity index (χ0) is 25.0. The topological polar surface area (TPSA) is 133 Å². The van der Waals surface area contributed by atoms with Gasteiger partial charge in [0, 0.05) is 17.4 Å². The summed E-state index contributed by atoms with van der Waals surface area (Å²) in [6, 6.07) is 5.34. The van der Waals surface area contributed by atoms with Crippen LogP contribution in [0.2, 0.25) is 0 Å². The summed E-state index contributed by atoms with van der Waals surface area (Å²) >= 11 is 0. The van der Waals surface area contributed by atoms with Gasteiger partial charge in [-0.1, -0.05) is 0 Å². The number of aromatic nitrogens is 1. The Labute approximate surface area is 195 Å². The molecular weight excluding hydrogens is 448 g/mol. The Morgan fingerprint density at radius 3 is 2.35 bits per heavy atom. The number of fused-ring (bicyclic) bond motifs is 3. The number of rotatable bonds is 7. The van der Waals surface area contributed by atoms with Crippen molar-refractivity contribution in [2.45, 2.75) is 18.4 Å². The second kappa shape index (κ2) is 9.86. The molecule has 0 amide bonds. The number of ether oxygens (including phenoxy) is 5. The largest absolute Gasteiger partial charge is 0.497 e. The number of H-pyrrole nitrogens is 1. The lowest BCUT2D eigenvalue weighted by Crippen LogP contribution is -2.58. The molecule has 2 aromatic rings. The van der Waals surface area contributed by atoms with Crippen LogP contribution in [-0.4, -0.2) is 75.9 Å². The second-order valence-electron chi connectivity index (χ2n) is 7.44. The van der Waals surface area contributed by atoms with E-state index in [1.54, 1.807) is 12.1 Å². The third-order valence-corrected chi connectivity index (χ3v) is 5.87. The monoisotopic (exact) mass is 474 g/mol. The van der Waals surface area contributed by atoms with Crippen LogP contribution in [0.5, 0.6) is 5.75 Å². The fourth-order valence-corrected chi connectivity index (χ4v) is 4.28. The summed E-state index contributed by atoms with van der Waals surface area (Å²) in [6.45, 7) is 0.0706. The fraction of sp³-hybridized carbons (Fsp3) is 0.391. The van der Waals surface area contributed by atoms with Crippen molar-refractivity contribution in [3.63, 3.8) is 0 Å². The van der Waals surface area contributed by atoms with E-state index in [1.165, 1.54) is 26.2 Å². The van der Waals surface area contributed by atoms with Crippen molar-refractivity contribution >= 4 is 34.8 Å². The van der Waals surface area contributed by atoms with E-state index in [1.807, 2.05) is 6.07 Å². The van der Waals surface area contributed by atoms with Crippen molar-refractivity contribution in [3.8, 4) is 5.75 Å². The van der Waals surface area contributed by atoms with Crippen LogP contribution in [-0.2, 0) is 50.1 Å². The van der Waals surface area contributed by atoms with Crippen molar-refractivity contribution in [2.24, 2.45) is 0 Å². The number of nitrogens with zero attached hydrogens (tertiary/aromatic N) is 1. The second-order valence-corrected chi connectivity index (χ2v) is 7.44. The first-order valence-electron chi connectivity index (χ1n) is 10.3. The molecule has 1 aliphatic rings. The van der Waals surface area contributed by atoms with E-state index in [4.69, 9.17) is 18.9 Å². The van der Waals surface area contributed by atoms with Crippen molar-refractivity contribution in [3.05, 3.63) is 41.2 Å². The normalized spacial score (nSPS) is 17.6. The van der Waals surface area contributed by atoms with Crippen LogP contribution in [0.25, 0.3) is 10.9 Å². The van der Waals surface area contributed by atoms with Gasteiger partial charge in [-0.25, -0.2) is 14.4 Å². The van der Waals surface area contributed by atoms with Crippen LogP contribution >= 0.6 is 0 Å². The third-order valence-electron chi connectivity index (χ3n) is 5.87. The summed E-state index contributed by atoms with van der Waals surface area (Å²) in [6.07, 6.45) is 0.762. The van der Waals surface area contributed by atoms with Crippen molar-refractivity contribution in [2.75, 3.05) is 42.1 Å². The average molecular weight is 474 g/mol. The highest BCUT2D eigenvalue weighted by Crippen LogP contribution is 2.45. The standard InChI is InChI=1S/C23H26N2O9/c1-30-13-6-7-16-15(10-13)14-8-9-25(17(21(28)33-4)11-18(26)31-2)23(20(14)24-16,22(29)34-5)12-19(27)32-3/h6-7,10-11,24H,8-9,12H2,1-5H3/b17-11-. The number of nitrogens with one attached hydrogen (secondary N) is 1. The quantitative estimate of drug-likeness (QED) is 0.354. The number of esters is 4. The number of methoxy groups -OCH3 is 5. The van der Waals surface area contributed by atoms with Gasteiger partial charge < -0.3 is 33.6 Å². The maximum absolute atomic E-state index is 13.5. The highest BCUT2D eigenvalue weighted by atomic mass is 16.5. The molecule has 0 fully saturated rings. The number of carbonyl (C=O) groups excluding carboxylic acids is 4. The molecule has 3 rings (SSSR count). The van der Waals surface area contributed by atoms with Gasteiger partial charge >= 0.3 is 23.9 Å². The minimum Gasteiger partial charge on any atom is -0.497 e. The highest BCUT2D eigenvalue weighted by molar-refractivity contribution is 5.99. The Hall–Kier alpha value is -4.02. The number of aromatic amines is 1. The van der Waals surface area contributed by atoms with Crippen LogP contribution in [0, 0.1) is 0 Å². The molecule has 11 heteroatoms. The predicted octanol–water partition coefficient (Wildman–Crippen LogP) is 1.20. The lowest BCUT2D eigenvalue weighted by molar-refractivity contribution is -0.164. The zero-order valence-corrected chi connectivity index (χ0v) is 19.6. The summed E-state index contributed by atoms with van der Waals surface area (Å²) in [5.74, 6) is -2.71. The molecule has 182 valence electrons. The van der Waals surface area contributed by atoms with Gasteiger partial charge in [-0.2, -0.15) is 0 Å². The summed E-state index contributed by atoms with van der Waals surface area (Å²) in [5.41, 5.74) is -0.385. The van der Waals surface area contributed by atoms with E-state index in [-0.39, 0.29) is 12.2 Å². The van der Waals surface area contributed by atoms with Gasteiger partial charge in [0.05, 0.1) is 53.7 Å². The lowest BCUT2D eigenvalue weighted by Gasteiger charge is -2.45. The molecule has 2 heterocycles. The molecule has 11 nitrogen and oxygen atoms in total. The van der Waals surface area contributed by atoms with Crippen molar-refractivity contribution in [1.29, 1.82) is 0 Å². The smallest absolute Gasteiger partial charge is 0.354 e. The molecule has 1 aromatic heterocycles. The van der Waals surface area contributed by atoms with Gasteiger partial charge in [0.15, 0.2) is 5.54 Å². The summed E-state index contributed by atoms with van der Waals surface area (Å²) < 4.78 is 24.9. The zero-order valence-electron chi connectivity index (χ0n) is 19.6. The Kier molecular flexibility index (Phi) is 7.14. The third kappa shape index (κ3) is 4.04. The van der Waals surface area contributed by atoms with Crippen molar-refractivity contribution in [1.82, 2.24) is 9.88 Å². The molecule has 34 heavy (non-hydrogen) atoms. The van der Waals surface area contributed by atoms with Gasteiger partial charge in [0.1, 0.15) is 11.4 Å². The van der Waals surface area contributed by atoms with E-state index in [9.17, 15) is 19.2 Å². The van der Waals surface area contributed by atoms with E-state index in [0.29, 0.717) is 23.4 Å². The van der Waals surface area contributed by atoms with E-state index in [0.717, 1.165) is 31.2 Å². The molecule has 1 unspecified atom stereocenters. The van der Waals surface area contributed by atoms with E-state index in [2.05, 4.69) is 9.72 Å². The maximum Gasteiger partial charge on any atom is 0.354 e. The molecule has 0 saturated carbocycles. The Balaban J connectivity index is 2.38. The molecule has 1 N–H and O–H groups in total. The van der Waals surface area contributed by atoms with Gasteiger partial charge in [-0.3, -0.25) is 4.79 Å². The summed E-state index contributed by atoms with van der Waals surface area (Å²) in [7, 11) is 6.18. The van der Waals surface area contributed by atoms with E-state index < -0.39 is 35.8 Å². The van der Waals surface area contributed by atoms with Gasteiger partial charge in [-0.05, 0) is 30.2 Å². The fourth-order valence-electron chi connectivity index (χ4n) is 4.28. The van der Waals surface area contributed by atoms with Crippen LogP contribution in [0.3, 0.4) is 0 Å². The molecular formula is C23H26N2O9. The number of carbonyl (C=O) groups is 4. The minimum absolute atomic E-state index is 0.0706. The lowest BCUT2D eigenvalue weighted by atomic mass is 9.81. The summed E-state index contributed by atoms with van der Waals surface area (Å²) in [5, 5.41) is 0.781. The number of hydrogen-bond acceptors (Lipinski definition) is 10. The number of benzene rings is 1. The number of hydrogen-bond donors (Lipinski definition) is 1. The Morgan fingerprint density at radius 1 is 1.03 bits per heavy atom. The molecule has 0 radical (unpaired) electrons. The Morgan fingerprint density at radius 2 is 1.76 bits per heavy atom. The van der Waals surface area contributed by atoms with Crippen LogP contribution < -0.4 is 4.74 Å². The van der Waals surface area contributed by atoms with E-state index >= 15 is 0 Å². The molecule has 1 aromatic carbocycles. The molecule has 1 atom stereocenters. The molecule has 0 saturated heterocycles. The molecule has 0 spiro atoms. The van der Waals surface area contributed by atoms with Crippen molar-refractivity contribution < 1.29 is 42.9 Å². The molecule has 0 bridgehead atoms. The maximum atomic E-state index is 13.5. The van der Waals surface area contributed by atoms with Crippen LogP contribution in [0.15, 0.2) is 30.0 Å². The first kappa shape index (κ1) is 24.6. The minimum atomic E-state index is -1.87. The molecule has 0 aliphatic carbocycles. The average Bonchev–Trinajstić information content (AvgIpc) is 3.24. The van der Waals surface area contributed by atoms with Gasteiger partial charge in [-0.15, -0.1) is 0 Å². The summed E-state index contributed by atoms with van der Waals surface area (Å²) in [4.78, 5) is 55.5. The first-order valence-corrected chi connectivity index (χ1v) is 10.3.